The molecule has 1 aromatic carbocycles. The zero-order chi connectivity index (χ0) is 22.0. The molecule has 2 aromatic heterocycles. The molecule has 3 aromatic rings. The van der Waals surface area contributed by atoms with Gasteiger partial charge in [0, 0.05) is 67.2 Å². The van der Waals surface area contributed by atoms with E-state index in [1.807, 2.05) is 35.5 Å². The van der Waals surface area contributed by atoms with E-state index in [0.29, 0.717) is 42.7 Å². The number of methoxy groups -OCH3 is 1. The third-order valence-electron chi connectivity index (χ3n) is 5.63. The summed E-state index contributed by atoms with van der Waals surface area (Å²) in [7, 11) is 1.61. The van der Waals surface area contributed by atoms with Gasteiger partial charge in [0.25, 0.3) is 0 Å². The maximum Gasteiger partial charge on any atom is 0.225 e. The van der Waals surface area contributed by atoms with Gasteiger partial charge in [-0.2, -0.15) is 0 Å². The number of aromatic nitrogens is 2. The highest BCUT2D eigenvalue weighted by Crippen LogP contribution is 2.34. The van der Waals surface area contributed by atoms with Gasteiger partial charge in [-0.25, -0.2) is 4.98 Å². The number of ether oxygens (including phenoxy) is 1. The highest BCUT2D eigenvalue weighted by molar-refractivity contribution is 6.36. The van der Waals surface area contributed by atoms with Gasteiger partial charge in [0.1, 0.15) is 11.5 Å². The van der Waals surface area contributed by atoms with E-state index >= 15 is 0 Å². The molecule has 0 bridgehead atoms. The summed E-state index contributed by atoms with van der Waals surface area (Å²) < 4.78 is 7.08. The van der Waals surface area contributed by atoms with Crippen molar-refractivity contribution in [2.45, 2.75) is 13.0 Å². The molecule has 1 saturated heterocycles. The lowest BCUT2D eigenvalue weighted by atomic mass is 10.0. The van der Waals surface area contributed by atoms with Crippen molar-refractivity contribution in [1.29, 1.82) is 0 Å². The first-order valence-electron chi connectivity index (χ1n) is 10.2. The fourth-order valence-corrected chi connectivity index (χ4v) is 4.45. The van der Waals surface area contributed by atoms with Crippen LogP contribution in [0.25, 0.3) is 16.8 Å². The van der Waals surface area contributed by atoms with Crippen LogP contribution in [-0.4, -0.2) is 60.1 Å². The summed E-state index contributed by atoms with van der Waals surface area (Å²) in [6.45, 7) is 3.64. The molecule has 1 amide bonds. The monoisotopic (exact) mass is 461 g/mol. The summed E-state index contributed by atoms with van der Waals surface area (Å²) in [6, 6.07) is 7.46. The molecule has 9 heteroatoms. The molecular weight excluding hydrogens is 437 g/mol. The van der Waals surface area contributed by atoms with Crippen LogP contribution in [0.3, 0.4) is 0 Å². The first kappa shape index (κ1) is 21.9. The molecular formula is C22H25Cl2N5O2. The second-order valence-corrected chi connectivity index (χ2v) is 8.34. The molecule has 1 aliphatic heterocycles. The fourth-order valence-electron chi connectivity index (χ4n) is 3.94. The summed E-state index contributed by atoms with van der Waals surface area (Å²) in [4.78, 5) is 21.0. The van der Waals surface area contributed by atoms with E-state index in [0.717, 1.165) is 41.2 Å². The molecule has 0 radical (unpaired) electrons. The zero-order valence-electron chi connectivity index (χ0n) is 17.4. The van der Waals surface area contributed by atoms with Crippen molar-refractivity contribution in [2.24, 2.45) is 5.73 Å². The van der Waals surface area contributed by atoms with E-state index in [1.54, 1.807) is 13.2 Å². The van der Waals surface area contributed by atoms with Gasteiger partial charge in [-0.1, -0.05) is 29.3 Å². The van der Waals surface area contributed by atoms with Gasteiger partial charge in [0.2, 0.25) is 5.91 Å². The molecule has 1 aliphatic rings. The largest absolute Gasteiger partial charge is 0.384 e. The minimum absolute atomic E-state index is 0.131. The van der Waals surface area contributed by atoms with Crippen molar-refractivity contribution >= 4 is 40.6 Å². The second-order valence-electron chi connectivity index (χ2n) is 7.50. The van der Waals surface area contributed by atoms with Gasteiger partial charge in [0.05, 0.1) is 19.2 Å². The van der Waals surface area contributed by atoms with Crippen LogP contribution in [0.15, 0.2) is 36.7 Å². The number of anilines is 1. The maximum absolute atomic E-state index is 12.3. The molecule has 164 valence electrons. The molecule has 2 N–H and O–H groups in total. The van der Waals surface area contributed by atoms with Crippen LogP contribution in [0.5, 0.6) is 0 Å². The van der Waals surface area contributed by atoms with Gasteiger partial charge >= 0.3 is 0 Å². The number of nitrogens with zero attached hydrogens (tertiary/aromatic N) is 4. The van der Waals surface area contributed by atoms with Crippen LogP contribution in [-0.2, 0) is 16.1 Å². The van der Waals surface area contributed by atoms with Crippen molar-refractivity contribution in [2.75, 3.05) is 44.8 Å². The van der Waals surface area contributed by atoms with Crippen LogP contribution >= 0.6 is 23.2 Å². The molecule has 4 rings (SSSR count). The number of carbonyl (C=O) groups is 1. The number of benzene rings is 1. The molecule has 0 aliphatic carbocycles. The average Bonchev–Trinajstić information content (AvgIpc) is 3.19. The Kier molecular flexibility index (Phi) is 6.67. The predicted octanol–water partition coefficient (Wildman–Crippen LogP) is 3.45. The number of rotatable bonds is 6. The molecule has 0 saturated carbocycles. The Morgan fingerprint density at radius 1 is 1.16 bits per heavy atom. The first-order chi connectivity index (χ1) is 15.0. The molecule has 3 heterocycles. The Bertz CT molecular complexity index is 1090. The van der Waals surface area contributed by atoms with Gasteiger partial charge in [-0.15, -0.1) is 0 Å². The summed E-state index contributed by atoms with van der Waals surface area (Å²) in [5.41, 5.74) is 9.63. The van der Waals surface area contributed by atoms with E-state index in [4.69, 9.17) is 33.7 Å². The SMILES string of the molecule is COCCC(=O)N1CCN(c2cnc3cc(CN)c(-c4ccc(Cl)cc4Cl)cn23)CC1. The zero-order valence-corrected chi connectivity index (χ0v) is 18.9. The third-order valence-corrected chi connectivity index (χ3v) is 6.18. The van der Waals surface area contributed by atoms with Gasteiger partial charge < -0.3 is 20.3 Å². The number of imidazole rings is 1. The standard InChI is InChI=1S/C22H25Cl2N5O2/c1-31-9-4-22(30)28-7-5-27(6-8-28)21-13-26-20-10-15(12-25)18(14-29(20)21)17-3-2-16(23)11-19(17)24/h2-3,10-11,13-14H,4-9,12,25H2,1H3. The third kappa shape index (κ3) is 4.50. The topological polar surface area (TPSA) is 76.1 Å². The van der Waals surface area contributed by atoms with Crippen LogP contribution in [0, 0.1) is 0 Å². The summed E-state index contributed by atoms with van der Waals surface area (Å²) >= 11 is 12.6. The Hall–Kier alpha value is -2.32. The Morgan fingerprint density at radius 2 is 1.94 bits per heavy atom. The minimum Gasteiger partial charge on any atom is -0.384 e. The molecule has 0 spiro atoms. The maximum atomic E-state index is 12.3. The van der Waals surface area contributed by atoms with Gasteiger partial charge in [-0.05, 0) is 23.8 Å². The van der Waals surface area contributed by atoms with Crippen molar-refractivity contribution in [3.05, 3.63) is 52.3 Å². The summed E-state index contributed by atoms with van der Waals surface area (Å²) in [5.74, 6) is 1.11. The van der Waals surface area contributed by atoms with Crippen LogP contribution in [0.1, 0.15) is 12.0 Å². The van der Waals surface area contributed by atoms with E-state index in [-0.39, 0.29) is 5.91 Å². The first-order valence-corrected chi connectivity index (χ1v) is 10.9. The number of fused-ring (bicyclic) bond motifs is 1. The molecule has 0 atom stereocenters. The van der Waals surface area contributed by atoms with Crippen molar-refractivity contribution in [1.82, 2.24) is 14.3 Å². The number of hydrogen-bond acceptors (Lipinski definition) is 5. The van der Waals surface area contributed by atoms with Crippen LogP contribution < -0.4 is 10.6 Å². The van der Waals surface area contributed by atoms with Crippen molar-refractivity contribution in [3.63, 3.8) is 0 Å². The normalized spacial score (nSPS) is 14.5. The highest BCUT2D eigenvalue weighted by atomic mass is 35.5. The summed E-state index contributed by atoms with van der Waals surface area (Å²) in [5, 5.41) is 1.16. The number of amides is 1. The summed E-state index contributed by atoms with van der Waals surface area (Å²) in [6.07, 6.45) is 4.32. The quantitative estimate of drug-likeness (QED) is 0.608. The number of nitrogens with two attached hydrogens (primary N) is 1. The average molecular weight is 462 g/mol. The molecule has 31 heavy (non-hydrogen) atoms. The number of hydrogen-bond donors (Lipinski definition) is 1. The smallest absolute Gasteiger partial charge is 0.225 e. The fraction of sp³-hybridized carbons (Fsp3) is 0.364. The Morgan fingerprint density at radius 3 is 2.61 bits per heavy atom. The lowest BCUT2D eigenvalue weighted by Gasteiger charge is -2.35. The van der Waals surface area contributed by atoms with Crippen molar-refractivity contribution < 1.29 is 9.53 Å². The van der Waals surface area contributed by atoms with Crippen LogP contribution in [0.2, 0.25) is 10.0 Å². The second kappa shape index (κ2) is 9.44. The molecule has 0 unspecified atom stereocenters. The molecule has 7 nitrogen and oxygen atoms in total. The van der Waals surface area contributed by atoms with Gasteiger partial charge in [-0.3, -0.25) is 9.20 Å². The van der Waals surface area contributed by atoms with E-state index < -0.39 is 0 Å². The van der Waals surface area contributed by atoms with Crippen LogP contribution in [0.4, 0.5) is 5.82 Å². The highest BCUT2D eigenvalue weighted by Gasteiger charge is 2.23. The Balaban J connectivity index is 1.62. The predicted molar refractivity (Wildman–Crippen MR) is 124 cm³/mol. The van der Waals surface area contributed by atoms with Crippen molar-refractivity contribution in [3.8, 4) is 11.1 Å². The molecule has 1 fully saturated rings. The minimum atomic E-state index is 0.131. The lowest BCUT2D eigenvalue weighted by Crippen LogP contribution is -2.49. The number of halogens is 2. The number of carbonyl (C=O) groups excluding carboxylic acids is 1. The number of piperazine rings is 1. The van der Waals surface area contributed by atoms with E-state index in [2.05, 4.69) is 14.3 Å². The Labute approximate surface area is 191 Å². The van der Waals surface area contributed by atoms with E-state index in [9.17, 15) is 4.79 Å². The van der Waals surface area contributed by atoms with E-state index in [1.165, 1.54) is 0 Å². The van der Waals surface area contributed by atoms with Gasteiger partial charge in [0.15, 0.2) is 0 Å². The lowest BCUT2D eigenvalue weighted by molar-refractivity contribution is -0.132. The number of pyridine rings is 1.